The van der Waals surface area contributed by atoms with Crippen molar-refractivity contribution >= 4 is 17.3 Å². The number of aromatic nitrogens is 2. The monoisotopic (exact) mass is 358 g/mol. The minimum Gasteiger partial charge on any atom is -0.493 e. The number of anilines is 2. The quantitative estimate of drug-likeness (QED) is 0.843. The van der Waals surface area contributed by atoms with Crippen LogP contribution in [-0.4, -0.2) is 43.4 Å². The molecule has 2 heterocycles. The van der Waals surface area contributed by atoms with Gasteiger partial charge in [-0.2, -0.15) is 5.10 Å². The van der Waals surface area contributed by atoms with Crippen molar-refractivity contribution in [2.45, 2.75) is 12.8 Å². The molecule has 3 rings (SSSR count). The van der Waals surface area contributed by atoms with Crippen molar-refractivity contribution < 1.29 is 14.3 Å². The van der Waals surface area contributed by atoms with Crippen LogP contribution in [0.15, 0.2) is 35.3 Å². The highest BCUT2D eigenvalue weighted by atomic mass is 16.5. The first-order valence-electron chi connectivity index (χ1n) is 8.43. The van der Waals surface area contributed by atoms with Gasteiger partial charge in [0.25, 0.3) is 5.56 Å². The van der Waals surface area contributed by atoms with Crippen molar-refractivity contribution in [1.82, 2.24) is 10.2 Å². The lowest BCUT2D eigenvalue weighted by Crippen LogP contribution is -2.41. The number of ether oxygens (including phenoxy) is 2. The third kappa shape index (κ3) is 3.96. The number of carbonyl (C=O) groups is 1. The van der Waals surface area contributed by atoms with Crippen LogP contribution in [0.1, 0.15) is 12.8 Å². The molecule has 1 saturated heterocycles. The van der Waals surface area contributed by atoms with Gasteiger partial charge < -0.3 is 19.7 Å². The van der Waals surface area contributed by atoms with E-state index in [2.05, 4.69) is 15.5 Å². The Morgan fingerprint density at radius 1 is 1.27 bits per heavy atom. The Morgan fingerprint density at radius 2 is 2.08 bits per heavy atom. The number of carbonyl (C=O) groups excluding carboxylic acids is 1. The van der Waals surface area contributed by atoms with Crippen LogP contribution in [-0.2, 0) is 4.79 Å². The number of nitrogens with zero attached hydrogens (tertiary/aromatic N) is 2. The van der Waals surface area contributed by atoms with Gasteiger partial charge in [-0.1, -0.05) is 0 Å². The molecule has 138 valence electrons. The molecule has 2 aromatic rings. The summed E-state index contributed by atoms with van der Waals surface area (Å²) >= 11 is 0. The third-order valence-corrected chi connectivity index (χ3v) is 4.46. The number of hydrogen-bond acceptors (Lipinski definition) is 6. The fraction of sp³-hybridized carbons (Fsp3) is 0.389. The maximum absolute atomic E-state index is 12.7. The molecule has 1 atom stereocenters. The summed E-state index contributed by atoms with van der Waals surface area (Å²) in [5, 5.41) is 9.13. The van der Waals surface area contributed by atoms with E-state index in [1.54, 1.807) is 38.6 Å². The number of amides is 1. The number of aromatic amines is 1. The average molecular weight is 358 g/mol. The zero-order valence-corrected chi connectivity index (χ0v) is 14.8. The fourth-order valence-electron chi connectivity index (χ4n) is 3.12. The van der Waals surface area contributed by atoms with Crippen molar-refractivity contribution in [2.24, 2.45) is 5.92 Å². The summed E-state index contributed by atoms with van der Waals surface area (Å²) in [6.45, 7) is 1.34. The van der Waals surface area contributed by atoms with Crippen LogP contribution in [0.5, 0.6) is 11.5 Å². The Hall–Kier alpha value is -3.03. The molecule has 1 aliphatic heterocycles. The molecule has 0 radical (unpaired) electrons. The second-order valence-corrected chi connectivity index (χ2v) is 6.15. The maximum Gasteiger partial charge on any atom is 0.266 e. The highest BCUT2D eigenvalue weighted by Crippen LogP contribution is 2.30. The summed E-state index contributed by atoms with van der Waals surface area (Å²) in [5.41, 5.74) is 1.14. The average Bonchev–Trinajstić information content (AvgIpc) is 2.68. The summed E-state index contributed by atoms with van der Waals surface area (Å²) < 4.78 is 10.5. The summed E-state index contributed by atoms with van der Waals surface area (Å²) in [6.07, 6.45) is 3.28. The largest absolute Gasteiger partial charge is 0.493 e. The molecular weight excluding hydrogens is 336 g/mol. The van der Waals surface area contributed by atoms with Crippen LogP contribution in [0.3, 0.4) is 0 Å². The first-order valence-corrected chi connectivity index (χ1v) is 8.43. The molecule has 1 amide bonds. The highest BCUT2D eigenvalue weighted by molar-refractivity contribution is 5.93. The standard InChI is InChI=1S/C18H22N4O4/c1-25-15-6-5-13(8-16(15)26-2)20-18(24)12-4-3-7-22(11-12)14-9-17(23)21-19-10-14/h5-6,8-10,12H,3-4,7,11H2,1-2H3,(H,20,24)(H,21,23)/t12-/m1/s1. The lowest BCUT2D eigenvalue weighted by molar-refractivity contribution is -0.120. The smallest absolute Gasteiger partial charge is 0.266 e. The Balaban J connectivity index is 1.69. The number of rotatable bonds is 5. The molecule has 8 heteroatoms. The molecule has 0 aliphatic carbocycles. The molecule has 8 nitrogen and oxygen atoms in total. The van der Waals surface area contributed by atoms with Crippen molar-refractivity contribution in [3.05, 3.63) is 40.8 Å². The van der Waals surface area contributed by atoms with Crippen LogP contribution in [0.2, 0.25) is 0 Å². The minimum atomic E-state index is -0.251. The van der Waals surface area contributed by atoms with Crippen LogP contribution in [0.4, 0.5) is 11.4 Å². The summed E-state index contributed by atoms with van der Waals surface area (Å²) in [4.78, 5) is 26.1. The van der Waals surface area contributed by atoms with Crippen LogP contribution >= 0.6 is 0 Å². The molecule has 0 saturated carbocycles. The third-order valence-electron chi connectivity index (χ3n) is 4.46. The van der Waals surface area contributed by atoms with Gasteiger partial charge in [0.15, 0.2) is 11.5 Å². The lowest BCUT2D eigenvalue weighted by Gasteiger charge is -2.33. The summed E-state index contributed by atoms with van der Waals surface area (Å²) in [6, 6.07) is 6.77. The van der Waals surface area contributed by atoms with E-state index in [4.69, 9.17) is 9.47 Å². The summed E-state index contributed by atoms with van der Waals surface area (Å²) in [5.74, 6) is 0.942. The molecule has 0 unspecified atom stereocenters. The first kappa shape index (κ1) is 17.8. The van der Waals surface area contributed by atoms with E-state index in [0.29, 0.717) is 23.7 Å². The second-order valence-electron chi connectivity index (χ2n) is 6.15. The topological polar surface area (TPSA) is 96.5 Å². The van der Waals surface area contributed by atoms with Crippen molar-refractivity contribution in [3.63, 3.8) is 0 Å². The number of H-pyrrole nitrogens is 1. The molecule has 0 bridgehead atoms. The molecule has 1 aromatic heterocycles. The van der Waals surface area contributed by atoms with E-state index in [0.717, 1.165) is 25.1 Å². The van der Waals surface area contributed by atoms with Gasteiger partial charge in [0.05, 0.1) is 32.0 Å². The number of benzene rings is 1. The summed E-state index contributed by atoms with van der Waals surface area (Å²) in [7, 11) is 3.12. The van der Waals surface area contributed by atoms with Gasteiger partial charge in [-0.15, -0.1) is 0 Å². The zero-order chi connectivity index (χ0) is 18.5. The maximum atomic E-state index is 12.7. The normalized spacial score (nSPS) is 16.8. The van der Waals surface area contributed by atoms with E-state index in [-0.39, 0.29) is 17.4 Å². The molecular formula is C18H22N4O4. The Kier molecular flexibility index (Phi) is 5.40. The second kappa shape index (κ2) is 7.90. The van der Waals surface area contributed by atoms with Gasteiger partial charge in [-0.05, 0) is 25.0 Å². The molecule has 0 spiro atoms. The Morgan fingerprint density at radius 3 is 2.81 bits per heavy atom. The van der Waals surface area contributed by atoms with E-state index in [9.17, 15) is 9.59 Å². The van der Waals surface area contributed by atoms with Crippen LogP contribution in [0.25, 0.3) is 0 Å². The molecule has 1 fully saturated rings. The molecule has 26 heavy (non-hydrogen) atoms. The van der Waals surface area contributed by atoms with E-state index in [1.165, 1.54) is 6.07 Å². The van der Waals surface area contributed by atoms with Crippen LogP contribution < -0.4 is 25.2 Å². The van der Waals surface area contributed by atoms with Gasteiger partial charge >= 0.3 is 0 Å². The predicted octanol–water partition coefficient (Wildman–Crippen LogP) is 1.64. The number of hydrogen-bond donors (Lipinski definition) is 2. The zero-order valence-electron chi connectivity index (χ0n) is 14.8. The number of methoxy groups -OCH3 is 2. The fourth-order valence-corrected chi connectivity index (χ4v) is 3.12. The van der Waals surface area contributed by atoms with Gasteiger partial charge in [-0.3, -0.25) is 9.59 Å². The molecule has 2 N–H and O–H groups in total. The SMILES string of the molecule is COc1ccc(NC(=O)[C@@H]2CCCN(c3cn[nH]c(=O)c3)C2)cc1OC. The Bertz CT molecular complexity index is 836. The lowest BCUT2D eigenvalue weighted by atomic mass is 9.96. The van der Waals surface area contributed by atoms with E-state index >= 15 is 0 Å². The molecule has 1 aliphatic rings. The van der Waals surface area contributed by atoms with Crippen molar-refractivity contribution in [3.8, 4) is 11.5 Å². The first-order chi connectivity index (χ1) is 12.6. The van der Waals surface area contributed by atoms with E-state index in [1.807, 2.05) is 4.90 Å². The minimum absolute atomic E-state index is 0.0558. The number of nitrogens with one attached hydrogen (secondary N) is 2. The van der Waals surface area contributed by atoms with Gasteiger partial charge in [0, 0.05) is 30.9 Å². The van der Waals surface area contributed by atoms with Crippen molar-refractivity contribution in [2.75, 3.05) is 37.5 Å². The highest BCUT2D eigenvalue weighted by Gasteiger charge is 2.26. The Labute approximate surface area is 151 Å². The van der Waals surface area contributed by atoms with E-state index < -0.39 is 0 Å². The predicted molar refractivity (Wildman–Crippen MR) is 98.0 cm³/mol. The van der Waals surface area contributed by atoms with Crippen molar-refractivity contribution in [1.29, 1.82) is 0 Å². The molecule has 1 aromatic carbocycles. The van der Waals surface area contributed by atoms with Crippen LogP contribution in [0, 0.1) is 5.92 Å². The number of piperidine rings is 1. The van der Waals surface area contributed by atoms with Gasteiger partial charge in [0.1, 0.15) is 0 Å². The van der Waals surface area contributed by atoms with Gasteiger partial charge in [0.2, 0.25) is 5.91 Å². The van der Waals surface area contributed by atoms with Gasteiger partial charge in [-0.25, -0.2) is 5.10 Å².